The number of hydrogen-bond acceptors (Lipinski definition) is 2. The van der Waals surface area contributed by atoms with Crippen molar-refractivity contribution in [1.29, 1.82) is 0 Å². The lowest BCUT2D eigenvalue weighted by molar-refractivity contribution is 0.548. The molecule has 1 fully saturated rings. The van der Waals surface area contributed by atoms with E-state index in [1.165, 1.54) is 12.8 Å². The molecule has 1 aliphatic carbocycles. The molecule has 60 valence electrons. The Labute approximate surface area is 63.2 Å². The van der Waals surface area contributed by atoms with Crippen LogP contribution in [0.5, 0.6) is 0 Å². The Bertz CT molecular complexity index is 89.3. The van der Waals surface area contributed by atoms with Crippen molar-refractivity contribution < 1.29 is 0 Å². The zero-order valence-corrected chi connectivity index (χ0v) is 6.77. The van der Waals surface area contributed by atoms with Gasteiger partial charge in [0, 0.05) is 12.1 Å². The highest BCUT2D eigenvalue weighted by Gasteiger charge is 2.19. The highest BCUT2D eigenvalue weighted by molar-refractivity contribution is 4.80. The van der Waals surface area contributed by atoms with E-state index < -0.39 is 0 Å². The Morgan fingerprint density at radius 3 is 2.80 bits per heavy atom. The van der Waals surface area contributed by atoms with Gasteiger partial charge in [-0.05, 0) is 32.2 Å². The van der Waals surface area contributed by atoms with Gasteiger partial charge in [-0.2, -0.15) is 0 Å². The zero-order chi connectivity index (χ0) is 7.40. The summed E-state index contributed by atoms with van der Waals surface area (Å²) in [5.74, 6) is 0. The molecule has 3 N–H and O–H groups in total. The number of nitrogens with two attached hydrogens (primary N) is 1. The molecule has 0 radical (unpaired) electrons. The predicted octanol–water partition coefficient (Wildman–Crippen LogP) is 0.866. The third-order valence-corrected chi connectivity index (χ3v) is 2.05. The lowest BCUT2D eigenvalue weighted by Gasteiger charge is -2.07. The Hall–Kier alpha value is -0.0800. The Morgan fingerprint density at radius 2 is 2.30 bits per heavy atom. The first-order chi connectivity index (χ1) is 4.83. The summed E-state index contributed by atoms with van der Waals surface area (Å²) in [6, 6.07) is 1.25. The quantitative estimate of drug-likeness (QED) is 0.597. The average molecular weight is 142 g/mol. The van der Waals surface area contributed by atoms with Crippen molar-refractivity contribution in [3.63, 3.8) is 0 Å². The summed E-state index contributed by atoms with van der Waals surface area (Å²) in [5.41, 5.74) is 5.74. The summed E-state index contributed by atoms with van der Waals surface area (Å²) in [5, 5.41) is 3.44. The molecule has 0 aromatic carbocycles. The Balaban J connectivity index is 1.83. The fourth-order valence-corrected chi connectivity index (χ4v) is 0.964. The van der Waals surface area contributed by atoms with E-state index in [9.17, 15) is 0 Å². The van der Waals surface area contributed by atoms with Crippen LogP contribution in [0, 0.1) is 0 Å². The van der Waals surface area contributed by atoms with Gasteiger partial charge in [0.1, 0.15) is 0 Å². The summed E-state index contributed by atoms with van der Waals surface area (Å²) in [4.78, 5) is 0. The van der Waals surface area contributed by atoms with Gasteiger partial charge in [-0.3, -0.25) is 0 Å². The molecule has 0 aliphatic heterocycles. The standard InChI is InChI=1S/C8H18N2/c1-2-7(9)5-6-10-8-3-4-8/h7-8,10H,2-6,9H2,1H3. The van der Waals surface area contributed by atoms with Crippen LogP contribution in [-0.4, -0.2) is 18.6 Å². The summed E-state index contributed by atoms with van der Waals surface area (Å²) >= 11 is 0. The molecular formula is C8H18N2. The van der Waals surface area contributed by atoms with Crippen LogP contribution >= 0.6 is 0 Å². The molecule has 2 heteroatoms. The van der Waals surface area contributed by atoms with Gasteiger partial charge in [0.2, 0.25) is 0 Å². The van der Waals surface area contributed by atoms with Crippen LogP contribution in [0.25, 0.3) is 0 Å². The third kappa shape index (κ3) is 3.18. The molecule has 0 aromatic heterocycles. The van der Waals surface area contributed by atoms with Crippen LogP contribution in [0.1, 0.15) is 32.6 Å². The third-order valence-electron chi connectivity index (χ3n) is 2.05. The highest BCUT2D eigenvalue weighted by Crippen LogP contribution is 2.18. The van der Waals surface area contributed by atoms with E-state index in [0.717, 1.165) is 25.4 Å². The van der Waals surface area contributed by atoms with Gasteiger partial charge >= 0.3 is 0 Å². The molecule has 0 spiro atoms. The first kappa shape index (κ1) is 8.02. The molecular weight excluding hydrogens is 124 g/mol. The van der Waals surface area contributed by atoms with Crippen LogP contribution < -0.4 is 11.1 Å². The molecule has 1 rings (SSSR count). The molecule has 0 amide bonds. The summed E-state index contributed by atoms with van der Waals surface area (Å²) in [7, 11) is 0. The fraction of sp³-hybridized carbons (Fsp3) is 1.00. The van der Waals surface area contributed by atoms with Crippen molar-refractivity contribution in [2.24, 2.45) is 5.73 Å². The lowest BCUT2D eigenvalue weighted by atomic mass is 10.2. The molecule has 0 bridgehead atoms. The average Bonchev–Trinajstić information content (AvgIpc) is 2.71. The van der Waals surface area contributed by atoms with Crippen molar-refractivity contribution in [2.75, 3.05) is 6.54 Å². The highest BCUT2D eigenvalue weighted by atomic mass is 14.9. The fourth-order valence-electron chi connectivity index (χ4n) is 0.964. The molecule has 1 unspecified atom stereocenters. The molecule has 1 saturated carbocycles. The van der Waals surface area contributed by atoms with Crippen LogP contribution in [-0.2, 0) is 0 Å². The first-order valence-corrected chi connectivity index (χ1v) is 4.32. The van der Waals surface area contributed by atoms with Gasteiger partial charge in [-0.25, -0.2) is 0 Å². The molecule has 0 saturated heterocycles. The van der Waals surface area contributed by atoms with E-state index >= 15 is 0 Å². The monoisotopic (exact) mass is 142 g/mol. The molecule has 1 aliphatic rings. The first-order valence-electron chi connectivity index (χ1n) is 4.32. The molecule has 10 heavy (non-hydrogen) atoms. The topological polar surface area (TPSA) is 38.0 Å². The second-order valence-corrected chi connectivity index (χ2v) is 3.19. The number of rotatable bonds is 5. The molecule has 0 heterocycles. The maximum atomic E-state index is 5.74. The summed E-state index contributed by atoms with van der Waals surface area (Å²) in [6.07, 6.45) is 4.99. The largest absolute Gasteiger partial charge is 0.328 e. The molecule has 0 aromatic rings. The van der Waals surface area contributed by atoms with E-state index in [-0.39, 0.29) is 0 Å². The normalized spacial score (nSPS) is 21.0. The van der Waals surface area contributed by atoms with Gasteiger partial charge < -0.3 is 11.1 Å². The van der Waals surface area contributed by atoms with Gasteiger partial charge in [0.25, 0.3) is 0 Å². The van der Waals surface area contributed by atoms with Crippen molar-refractivity contribution in [2.45, 2.75) is 44.7 Å². The summed E-state index contributed by atoms with van der Waals surface area (Å²) < 4.78 is 0. The maximum absolute atomic E-state index is 5.74. The number of hydrogen-bond donors (Lipinski definition) is 2. The Morgan fingerprint density at radius 1 is 1.60 bits per heavy atom. The molecule has 2 nitrogen and oxygen atoms in total. The number of nitrogens with one attached hydrogen (secondary N) is 1. The van der Waals surface area contributed by atoms with Crippen LogP contribution in [0.2, 0.25) is 0 Å². The van der Waals surface area contributed by atoms with Crippen LogP contribution in [0.4, 0.5) is 0 Å². The Kier molecular flexibility index (Phi) is 3.16. The minimum atomic E-state index is 0.409. The lowest BCUT2D eigenvalue weighted by Crippen LogP contribution is -2.26. The van der Waals surface area contributed by atoms with Gasteiger partial charge in [-0.1, -0.05) is 6.92 Å². The van der Waals surface area contributed by atoms with E-state index in [2.05, 4.69) is 12.2 Å². The van der Waals surface area contributed by atoms with E-state index in [1.807, 2.05) is 0 Å². The second-order valence-electron chi connectivity index (χ2n) is 3.19. The zero-order valence-electron chi connectivity index (χ0n) is 6.77. The van der Waals surface area contributed by atoms with E-state index in [4.69, 9.17) is 5.73 Å². The SMILES string of the molecule is CCC(N)CCNC1CC1. The second kappa shape index (κ2) is 3.94. The smallest absolute Gasteiger partial charge is 0.00682 e. The molecule has 1 atom stereocenters. The van der Waals surface area contributed by atoms with Crippen molar-refractivity contribution >= 4 is 0 Å². The van der Waals surface area contributed by atoms with Crippen LogP contribution in [0.15, 0.2) is 0 Å². The van der Waals surface area contributed by atoms with Crippen molar-refractivity contribution in [3.8, 4) is 0 Å². The minimum Gasteiger partial charge on any atom is -0.328 e. The van der Waals surface area contributed by atoms with Crippen molar-refractivity contribution in [1.82, 2.24) is 5.32 Å². The van der Waals surface area contributed by atoms with Gasteiger partial charge in [0.05, 0.1) is 0 Å². The van der Waals surface area contributed by atoms with Gasteiger partial charge in [0.15, 0.2) is 0 Å². The minimum absolute atomic E-state index is 0.409. The predicted molar refractivity (Wildman–Crippen MR) is 43.9 cm³/mol. The van der Waals surface area contributed by atoms with Crippen LogP contribution in [0.3, 0.4) is 0 Å². The summed E-state index contributed by atoms with van der Waals surface area (Å²) in [6.45, 7) is 3.25. The van der Waals surface area contributed by atoms with E-state index in [0.29, 0.717) is 6.04 Å². The van der Waals surface area contributed by atoms with E-state index in [1.54, 1.807) is 0 Å². The van der Waals surface area contributed by atoms with Crippen molar-refractivity contribution in [3.05, 3.63) is 0 Å². The van der Waals surface area contributed by atoms with Gasteiger partial charge in [-0.15, -0.1) is 0 Å². The maximum Gasteiger partial charge on any atom is 0.00682 e.